The van der Waals surface area contributed by atoms with Gasteiger partial charge in [0.25, 0.3) is 5.91 Å². The van der Waals surface area contributed by atoms with E-state index in [0.29, 0.717) is 16.8 Å². The van der Waals surface area contributed by atoms with Gasteiger partial charge < -0.3 is 20.2 Å². The van der Waals surface area contributed by atoms with Crippen LogP contribution in [0.25, 0.3) is 11.1 Å². The molecule has 0 aliphatic heterocycles. The van der Waals surface area contributed by atoms with Gasteiger partial charge >= 0.3 is 5.97 Å². The highest BCUT2D eigenvalue weighted by atomic mass is 16.6. The van der Waals surface area contributed by atoms with E-state index >= 15 is 0 Å². The van der Waals surface area contributed by atoms with E-state index in [1.165, 1.54) is 37.5 Å². The summed E-state index contributed by atoms with van der Waals surface area (Å²) in [5, 5.41) is 2.61. The molecular weight excluding hydrogens is 360 g/mol. The summed E-state index contributed by atoms with van der Waals surface area (Å²) >= 11 is 0. The second-order valence-electron chi connectivity index (χ2n) is 6.01. The molecule has 2 aromatic carbocycles. The van der Waals surface area contributed by atoms with Gasteiger partial charge in [0.1, 0.15) is 0 Å². The zero-order valence-corrected chi connectivity index (χ0v) is 15.0. The maximum absolute atomic E-state index is 12.4. The summed E-state index contributed by atoms with van der Waals surface area (Å²) in [6.07, 6.45) is 0.335. The zero-order chi connectivity index (χ0) is 20.1. The Kier molecular flexibility index (Phi) is 5.55. The lowest BCUT2D eigenvalue weighted by molar-refractivity contribution is -0.123. The summed E-state index contributed by atoms with van der Waals surface area (Å²) in [5.41, 5.74) is 7.33. The Morgan fingerprint density at radius 3 is 2.32 bits per heavy atom. The minimum absolute atomic E-state index is 0.0247. The van der Waals surface area contributed by atoms with E-state index in [1.54, 1.807) is 6.07 Å². The molecule has 1 heterocycles. The van der Waals surface area contributed by atoms with Gasteiger partial charge in [-0.15, -0.1) is 0 Å². The Hall–Kier alpha value is -3.87. The Bertz CT molecular complexity index is 993. The van der Waals surface area contributed by atoms with Crippen molar-refractivity contribution in [2.45, 2.75) is 13.0 Å². The van der Waals surface area contributed by atoms with Crippen LogP contribution in [-0.4, -0.2) is 23.9 Å². The molecule has 28 heavy (non-hydrogen) atoms. The molecule has 0 aliphatic carbocycles. The van der Waals surface area contributed by atoms with E-state index in [1.807, 2.05) is 30.3 Å². The first-order chi connectivity index (χ1) is 13.5. The van der Waals surface area contributed by atoms with Crippen molar-refractivity contribution in [1.29, 1.82) is 0 Å². The van der Waals surface area contributed by atoms with Gasteiger partial charge in [-0.1, -0.05) is 30.3 Å². The number of hydrogen-bond acceptors (Lipinski definition) is 5. The number of rotatable bonds is 6. The molecule has 0 unspecified atom stereocenters. The van der Waals surface area contributed by atoms with Crippen molar-refractivity contribution in [3.05, 3.63) is 78.3 Å². The molecule has 3 N–H and O–H groups in total. The Morgan fingerprint density at radius 2 is 1.68 bits per heavy atom. The van der Waals surface area contributed by atoms with Crippen LogP contribution in [0.3, 0.4) is 0 Å². The number of anilines is 1. The highest BCUT2D eigenvalue weighted by molar-refractivity contribution is 5.99. The largest absolute Gasteiger partial charge is 0.457 e. The molecular formula is C21H18N2O5. The quantitative estimate of drug-likeness (QED) is 0.640. The molecule has 7 heteroatoms. The van der Waals surface area contributed by atoms with Gasteiger partial charge in [0.05, 0.1) is 6.26 Å². The molecule has 1 aromatic heterocycles. The molecule has 7 nitrogen and oxygen atoms in total. The van der Waals surface area contributed by atoms with Crippen LogP contribution in [0.4, 0.5) is 5.69 Å². The summed E-state index contributed by atoms with van der Waals surface area (Å²) < 4.78 is 10.5. The van der Waals surface area contributed by atoms with Crippen LogP contribution in [0, 0.1) is 0 Å². The highest BCUT2D eigenvalue weighted by Gasteiger charge is 2.24. The van der Waals surface area contributed by atoms with Crippen LogP contribution < -0.4 is 11.1 Å². The van der Waals surface area contributed by atoms with E-state index in [9.17, 15) is 14.4 Å². The van der Waals surface area contributed by atoms with Crippen LogP contribution in [0.15, 0.2) is 71.3 Å². The first-order valence-electron chi connectivity index (χ1n) is 8.50. The number of hydrogen-bond donors (Lipinski definition) is 2. The summed E-state index contributed by atoms with van der Waals surface area (Å²) in [5.74, 6) is -1.80. The number of amides is 2. The maximum Gasteiger partial charge on any atom is 0.375 e. The highest BCUT2D eigenvalue weighted by Crippen LogP contribution is 2.25. The van der Waals surface area contributed by atoms with E-state index in [-0.39, 0.29) is 5.76 Å². The standard InChI is InChI=1S/C21H18N2O5/c1-13(20(25)23-16-9-7-15(8-10-16)19(22)24)28-21(26)18-17(11-12-27-18)14-5-3-2-4-6-14/h2-13H,1H3,(H2,22,24)(H,23,25)/t13-/m0/s1. The van der Waals surface area contributed by atoms with E-state index in [2.05, 4.69) is 5.32 Å². The second-order valence-corrected chi connectivity index (χ2v) is 6.01. The third-order valence-corrected chi connectivity index (χ3v) is 4.03. The van der Waals surface area contributed by atoms with Gasteiger partial charge in [-0.05, 0) is 42.8 Å². The molecule has 0 aliphatic rings. The van der Waals surface area contributed by atoms with Gasteiger partial charge in [-0.25, -0.2) is 4.79 Å². The van der Waals surface area contributed by atoms with E-state index in [0.717, 1.165) is 5.56 Å². The van der Waals surface area contributed by atoms with Gasteiger partial charge in [-0.2, -0.15) is 0 Å². The number of furan rings is 1. The van der Waals surface area contributed by atoms with Gasteiger partial charge in [-0.3, -0.25) is 9.59 Å². The predicted octanol–water partition coefficient (Wildman–Crippen LogP) is 3.23. The van der Waals surface area contributed by atoms with Gasteiger partial charge in [0, 0.05) is 16.8 Å². The zero-order valence-electron chi connectivity index (χ0n) is 15.0. The number of benzene rings is 2. The molecule has 2 amide bonds. The number of carbonyl (C=O) groups is 3. The third-order valence-electron chi connectivity index (χ3n) is 4.03. The molecule has 1 atom stereocenters. The summed E-state index contributed by atoms with van der Waals surface area (Å²) in [4.78, 5) is 35.8. The van der Waals surface area contributed by atoms with Crippen LogP contribution in [-0.2, 0) is 9.53 Å². The number of esters is 1. The van der Waals surface area contributed by atoms with Crippen molar-refractivity contribution < 1.29 is 23.5 Å². The lowest BCUT2D eigenvalue weighted by atomic mass is 10.1. The normalized spacial score (nSPS) is 11.5. The molecule has 0 radical (unpaired) electrons. The maximum atomic E-state index is 12.4. The molecule has 3 rings (SSSR count). The van der Waals surface area contributed by atoms with Crippen molar-refractivity contribution in [3.8, 4) is 11.1 Å². The fourth-order valence-corrected chi connectivity index (χ4v) is 2.54. The number of nitrogens with two attached hydrogens (primary N) is 1. The SMILES string of the molecule is C[C@H](OC(=O)c1occc1-c1ccccc1)C(=O)Nc1ccc(C(N)=O)cc1. The lowest BCUT2D eigenvalue weighted by Gasteiger charge is -2.13. The van der Waals surface area contributed by atoms with Crippen molar-refractivity contribution in [2.24, 2.45) is 5.73 Å². The first kappa shape index (κ1) is 18.9. The van der Waals surface area contributed by atoms with E-state index in [4.69, 9.17) is 14.9 Å². The molecule has 0 bridgehead atoms. The average molecular weight is 378 g/mol. The molecule has 0 saturated carbocycles. The molecule has 0 saturated heterocycles. The van der Waals surface area contributed by atoms with Gasteiger partial charge in [0.15, 0.2) is 6.10 Å². The molecule has 0 spiro atoms. The summed E-state index contributed by atoms with van der Waals surface area (Å²) in [6, 6.07) is 16.9. The van der Waals surface area contributed by atoms with Crippen molar-refractivity contribution in [3.63, 3.8) is 0 Å². The fourth-order valence-electron chi connectivity index (χ4n) is 2.54. The fraction of sp³-hybridized carbons (Fsp3) is 0.0952. The molecule has 0 fully saturated rings. The first-order valence-corrected chi connectivity index (χ1v) is 8.50. The average Bonchev–Trinajstić information content (AvgIpc) is 3.19. The van der Waals surface area contributed by atoms with Crippen LogP contribution in [0.2, 0.25) is 0 Å². The van der Waals surface area contributed by atoms with Crippen LogP contribution >= 0.6 is 0 Å². The monoisotopic (exact) mass is 378 g/mol. The Labute approximate surface area is 161 Å². The number of carbonyl (C=O) groups excluding carboxylic acids is 3. The van der Waals surface area contributed by atoms with Crippen molar-refractivity contribution in [2.75, 3.05) is 5.32 Å². The number of ether oxygens (including phenoxy) is 1. The predicted molar refractivity (Wildman–Crippen MR) is 103 cm³/mol. The van der Waals surface area contributed by atoms with Crippen molar-refractivity contribution >= 4 is 23.5 Å². The number of primary amides is 1. The van der Waals surface area contributed by atoms with Gasteiger partial charge in [0.2, 0.25) is 11.7 Å². The summed E-state index contributed by atoms with van der Waals surface area (Å²) in [6.45, 7) is 1.45. The Morgan fingerprint density at radius 1 is 1.00 bits per heavy atom. The topological polar surface area (TPSA) is 112 Å². The third kappa shape index (κ3) is 4.27. The molecule has 3 aromatic rings. The smallest absolute Gasteiger partial charge is 0.375 e. The molecule has 142 valence electrons. The lowest BCUT2D eigenvalue weighted by Crippen LogP contribution is -2.30. The van der Waals surface area contributed by atoms with Crippen molar-refractivity contribution in [1.82, 2.24) is 0 Å². The number of nitrogens with one attached hydrogen (secondary N) is 1. The summed E-state index contributed by atoms with van der Waals surface area (Å²) in [7, 11) is 0. The van der Waals surface area contributed by atoms with E-state index < -0.39 is 23.9 Å². The van der Waals surface area contributed by atoms with Crippen LogP contribution in [0.5, 0.6) is 0 Å². The Balaban J connectivity index is 1.65. The minimum atomic E-state index is -1.06. The minimum Gasteiger partial charge on any atom is -0.457 e. The van der Waals surface area contributed by atoms with Crippen LogP contribution in [0.1, 0.15) is 27.8 Å². The second kappa shape index (κ2) is 8.22.